The molecule has 6 nitrogen and oxygen atoms in total. The molecule has 134 valence electrons. The number of benzene rings is 2. The Bertz CT molecular complexity index is 817. The number of carbonyl (C=O) groups excluding carboxylic acids is 2. The minimum Gasteiger partial charge on any atom is -0.481 e. The lowest BCUT2D eigenvalue weighted by Gasteiger charge is -2.16. The summed E-state index contributed by atoms with van der Waals surface area (Å²) in [4.78, 5) is 37.5. The number of hydrogen-bond donors (Lipinski definition) is 2. The maximum atomic E-state index is 12.6. The topological polar surface area (TPSA) is 86.7 Å². The van der Waals surface area contributed by atoms with Crippen LogP contribution in [0, 0.1) is 11.8 Å². The molecule has 1 saturated heterocycles. The third-order valence-corrected chi connectivity index (χ3v) is 4.64. The third kappa shape index (κ3) is 3.74. The number of hydrogen-bond acceptors (Lipinski definition) is 3. The summed E-state index contributed by atoms with van der Waals surface area (Å²) in [6.07, 6.45) is 0. The van der Waals surface area contributed by atoms with Gasteiger partial charge in [-0.3, -0.25) is 14.4 Å². The molecule has 2 aromatic carbocycles. The van der Waals surface area contributed by atoms with E-state index in [1.165, 1.54) is 0 Å². The number of aliphatic carboxylic acids is 1. The van der Waals surface area contributed by atoms with E-state index in [1.54, 1.807) is 53.4 Å². The Morgan fingerprint density at radius 1 is 0.962 bits per heavy atom. The molecule has 0 saturated carbocycles. The lowest BCUT2D eigenvalue weighted by molar-refractivity contribution is -0.142. The van der Waals surface area contributed by atoms with Gasteiger partial charge in [-0.05, 0) is 42.3 Å². The van der Waals surface area contributed by atoms with E-state index < -0.39 is 11.9 Å². The predicted octanol–water partition coefficient (Wildman–Crippen LogP) is 2.73. The zero-order valence-electron chi connectivity index (χ0n) is 14.4. The number of amides is 2. The summed E-state index contributed by atoms with van der Waals surface area (Å²) in [7, 11) is 0. The van der Waals surface area contributed by atoms with Crippen LogP contribution in [0.1, 0.15) is 27.6 Å². The van der Waals surface area contributed by atoms with Crippen LogP contribution in [0.25, 0.3) is 0 Å². The molecule has 0 spiro atoms. The first-order valence-electron chi connectivity index (χ1n) is 8.44. The first kappa shape index (κ1) is 17.7. The van der Waals surface area contributed by atoms with E-state index in [9.17, 15) is 19.5 Å². The molecule has 1 heterocycles. The molecule has 0 aromatic heterocycles. The van der Waals surface area contributed by atoms with Crippen molar-refractivity contribution >= 4 is 23.5 Å². The van der Waals surface area contributed by atoms with Gasteiger partial charge in [-0.25, -0.2) is 0 Å². The highest BCUT2D eigenvalue weighted by Gasteiger charge is 2.37. The van der Waals surface area contributed by atoms with Gasteiger partial charge in [-0.15, -0.1) is 0 Å². The number of nitrogens with zero attached hydrogens (tertiary/aromatic N) is 1. The number of likely N-dealkylation sites (tertiary alicyclic amines) is 1. The van der Waals surface area contributed by atoms with Crippen LogP contribution in [-0.2, 0) is 4.79 Å². The largest absolute Gasteiger partial charge is 0.481 e. The molecular formula is C20H20N2O4. The van der Waals surface area contributed by atoms with E-state index in [0.717, 1.165) is 0 Å². The first-order chi connectivity index (χ1) is 12.5. The Balaban J connectivity index is 1.65. The Morgan fingerprint density at radius 2 is 1.62 bits per heavy atom. The van der Waals surface area contributed by atoms with Crippen LogP contribution in [0.5, 0.6) is 0 Å². The number of carboxylic acid groups (broad SMARTS) is 1. The summed E-state index contributed by atoms with van der Waals surface area (Å²) >= 11 is 0. The van der Waals surface area contributed by atoms with Crippen molar-refractivity contribution in [3.63, 3.8) is 0 Å². The van der Waals surface area contributed by atoms with Crippen molar-refractivity contribution in [1.29, 1.82) is 0 Å². The maximum Gasteiger partial charge on any atom is 0.308 e. The quantitative estimate of drug-likeness (QED) is 0.886. The van der Waals surface area contributed by atoms with E-state index in [1.807, 2.05) is 13.0 Å². The van der Waals surface area contributed by atoms with Gasteiger partial charge in [0.15, 0.2) is 0 Å². The fourth-order valence-corrected chi connectivity index (χ4v) is 3.13. The number of carboxylic acids is 1. The molecule has 0 unspecified atom stereocenters. The minimum atomic E-state index is -0.869. The lowest BCUT2D eigenvalue weighted by atomic mass is 9.99. The summed E-state index contributed by atoms with van der Waals surface area (Å²) in [5.41, 5.74) is 1.62. The second-order valence-electron chi connectivity index (χ2n) is 6.53. The van der Waals surface area contributed by atoms with Crippen molar-refractivity contribution < 1.29 is 19.5 Å². The summed E-state index contributed by atoms with van der Waals surface area (Å²) in [5.74, 6) is -1.88. The van der Waals surface area contributed by atoms with Crippen LogP contribution < -0.4 is 5.32 Å². The highest BCUT2D eigenvalue weighted by Crippen LogP contribution is 2.25. The van der Waals surface area contributed by atoms with Crippen LogP contribution in [0.15, 0.2) is 54.6 Å². The van der Waals surface area contributed by atoms with Crippen molar-refractivity contribution in [3.8, 4) is 0 Å². The Labute approximate surface area is 151 Å². The van der Waals surface area contributed by atoms with Gasteiger partial charge in [0.25, 0.3) is 11.8 Å². The second-order valence-corrected chi connectivity index (χ2v) is 6.53. The predicted molar refractivity (Wildman–Crippen MR) is 97.0 cm³/mol. The molecule has 0 bridgehead atoms. The number of anilines is 1. The van der Waals surface area contributed by atoms with Gasteiger partial charge in [0.05, 0.1) is 5.92 Å². The maximum absolute atomic E-state index is 12.6. The van der Waals surface area contributed by atoms with E-state index in [4.69, 9.17) is 0 Å². The van der Waals surface area contributed by atoms with Gasteiger partial charge in [-0.1, -0.05) is 25.1 Å². The van der Waals surface area contributed by atoms with Crippen molar-refractivity contribution in [2.45, 2.75) is 6.92 Å². The average molecular weight is 352 g/mol. The molecule has 1 aliphatic rings. The molecule has 3 rings (SSSR count). The van der Waals surface area contributed by atoms with Crippen molar-refractivity contribution in [1.82, 2.24) is 4.90 Å². The van der Waals surface area contributed by atoms with Crippen LogP contribution in [0.3, 0.4) is 0 Å². The SMILES string of the molecule is C[C@@H]1CN(C(=O)c2ccc(NC(=O)c3ccccc3)cc2)C[C@H]1C(=O)O. The third-order valence-electron chi connectivity index (χ3n) is 4.64. The average Bonchev–Trinajstić information content (AvgIpc) is 3.04. The summed E-state index contributed by atoms with van der Waals surface area (Å²) in [6.45, 7) is 2.50. The molecule has 6 heteroatoms. The second kappa shape index (κ2) is 7.39. The number of nitrogens with one attached hydrogen (secondary N) is 1. The van der Waals surface area contributed by atoms with E-state index in [2.05, 4.69) is 5.32 Å². The zero-order valence-corrected chi connectivity index (χ0v) is 14.4. The molecule has 0 aliphatic carbocycles. The standard InChI is InChI=1S/C20H20N2O4/c1-13-11-22(12-17(13)20(25)26)19(24)15-7-9-16(10-8-15)21-18(23)14-5-3-2-4-6-14/h2-10,13,17H,11-12H2,1H3,(H,21,23)(H,25,26)/t13-,17-/m1/s1. The van der Waals surface area contributed by atoms with Gasteiger partial charge in [-0.2, -0.15) is 0 Å². The fraction of sp³-hybridized carbons (Fsp3) is 0.250. The summed E-state index contributed by atoms with van der Waals surface area (Å²) in [6, 6.07) is 15.5. The van der Waals surface area contributed by atoms with E-state index in [-0.39, 0.29) is 24.3 Å². The molecule has 26 heavy (non-hydrogen) atoms. The molecule has 2 aromatic rings. The van der Waals surface area contributed by atoms with Crippen LogP contribution in [0.2, 0.25) is 0 Å². The smallest absolute Gasteiger partial charge is 0.308 e. The molecule has 2 amide bonds. The van der Waals surface area contributed by atoms with Gasteiger partial charge in [0, 0.05) is 29.9 Å². The molecular weight excluding hydrogens is 332 g/mol. The highest BCUT2D eigenvalue weighted by molar-refractivity contribution is 6.04. The van der Waals surface area contributed by atoms with Crippen LogP contribution in [0.4, 0.5) is 5.69 Å². The molecule has 2 atom stereocenters. The minimum absolute atomic E-state index is 0.0686. The van der Waals surface area contributed by atoms with Gasteiger partial charge in [0.2, 0.25) is 0 Å². The Morgan fingerprint density at radius 3 is 2.19 bits per heavy atom. The van der Waals surface area contributed by atoms with E-state index in [0.29, 0.717) is 23.4 Å². The van der Waals surface area contributed by atoms with Crippen molar-refractivity contribution in [3.05, 3.63) is 65.7 Å². The van der Waals surface area contributed by atoms with Gasteiger partial charge in [0.1, 0.15) is 0 Å². The fourth-order valence-electron chi connectivity index (χ4n) is 3.13. The van der Waals surface area contributed by atoms with Gasteiger partial charge < -0.3 is 15.3 Å². The summed E-state index contributed by atoms with van der Waals surface area (Å²) in [5, 5.41) is 12.0. The van der Waals surface area contributed by atoms with Crippen LogP contribution >= 0.6 is 0 Å². The lowest BCUT2D eigenvalue weighted by Crippen LogP contribution is -2.29. The van der Waals surface area contributed by atoms with Gasteiger partial charge >= 0.3 is 5.97 Å². The Hall–Kier alpha value is -3.15. The monoisotopic (exact) mass is 352 g/mol. The van der Waals surface area contributed by atoms with E-state index >= 15 is 0 Å². The molecule has 0 radical (unpaired) electrons. The van der Waals surface area contributed by atoms with Crippen molar-refractivity contribution in [2.75, 3.05) is 18.4 Å². The molecule has 1 aliphatic heterocycles. The normalized spacial score (nSPS) is 19.2. The molecule has 1 fully saturated rings. The highest BCUT2D eigenvalue weighted by atomic mass is 16.4. The zero-order chi connectivity index (χ0) is 18.7. The number of rotatable bonds is 4. The number of carbonyl (C=O) groups is 3. The first-order valence-corrected chi connectivity index (χ1v) is 8.44. The Kier molecular flexibility index (Phi) is 5.02. The van der Waals surface area contributed by atoms with Crippen LogP contribution in [-0.4, -0.2) is 40.9 Å². The molecule has 2 N–H and O–H groups in total. The summed E-state index contributed by atoms with van der Waals surface area (Å²) < 4.78 is 0. The van der Waals surface area contributed by atoms with Crippen molar-refractivity contribution in [2.24, 2.45) is 11.8 Å².